The zero-order valence-electron chi connectivity index (χ0n) is 17.1. The number of hydrogen-bond acceptors (Lipinski definition) is 6. The van der Waals surface area contributed by atoms with Gasteiger partial charge >= 0.3 is 5.97 Å². The SMILES string of the molecule is COCCNC(=O)CSc1ccccc1C(=O)OCC(=O)c1cc(C)n(C)c1C. The van der Waals surface area contributed by atoms with Crippen LogP contribution >= 0.6 is 11.8 Å². The maximum Gasteiger partial charge on any atom is 0.339 e. The number of amides is 1. The topological polar surface area (TPSA) is 86.6 Å². The molecule has 0 spiro atoms. The highest BCUT2D eigenvalue weighted by Gasteiger charge is 2.18. The van der Waals surface area contributed by atoms with Crippen molar-refractivity contribution in [2.24, 2.45) is 7.05 Å². The number of ketones is 1. The molecule has 0 aliphatic rings. The van der Waals surface area contributed by atoms with Gasteiger partial charge in [0.15, 0.2) is 6.61 Å². The first kappa shape index (κ1) is 22.7. The molecule has 0 unspecified atom stereocenters. The summed E-state index contributed by atoms with van der Waals surface area (Å²) in [5.41, 5.74) is 2.67. The van der Waals surface area contributed by atoms with Crippen molar-refractivity contribution in [2.75, 3.05) is 32.6 Å². The van der Waals surface area contributed by atoms with Crippen molar-refractivity contribution in [3.05, 3.63) is 52.8 Å². The molecule has 0 bridgehead atoms. The molecular formula is C21H26N2O5S. The summed E-state index contributed by atoms with van der Waals surface area (Å²) < 4.78 is 12.0. The van der Waals surface area contributed by atoms with Gasteiger partial charge in [0.25, 0.3) is 0 Å². The van der Waals surface area contributed by atoms with E-state index < -0.39 is 5.97 Å². The Balaban J connectivity index is 1.96. The van der Waals surface area contributed by atoms with Gasteiger partial charge in [0.1, 0.15) is 0 Å². The second-order valence-electron chi connectivity index (χ2n) is 6.47. The summed E-state index contributed by atoms with van der Waals surface area (Å²) in [4.78, 5) is 37.4. The number of methoxy groups -OCH3 is 1. The lowest BCUT2D eigenvalue weighted by molar-refractivity contribution is -0.118. The monoisotopic (exact) mass is 418 g/mol. The van der Waals surface area contributed by atoms with Crippen LogP contribution in [0.2, 0.25) is 0 Å². The fourth-order valence-electron chi connectivity index (χ4n) is 2.67. The number of nitrogens with one attached hydrogen (secondary N) is 1. The first-order valence-electron chi connectivity index (χ1n) is 9.15. The van der Waals surface area contributed by atoms with Gasteiger partial charge in [0, 0.05) is 42.5 Å². The molecule has 29 heavy (non-hydrogen) atoms. The lowest BCUT2D eigenvalue weighted by atomic mass is 10.1. The van der Waals surface area contributed by atoms with E-state index in [4.69, 9.17) is 9.47 Å². The van der Waals surface area contributed by atoms with Crippen molar-refractivity contribution in [2.45, 2.75) is 18.7 Å². The number of carbonyl (C=O) groups is 3. The largest absolute Gasteiger partial charge is 0.454 e. The van der Waals surface area contributed by atoms with Crippen molar-refractivity contribution < 1.29 is 23.9 Å². The van der Waals surface area contributed by atoms with Gasteiger partial charge in [-0.15, -0.1) is 11.8 Å². The molecular weight excluding hydrogens is 392 g/mol. The van der Waals surface area contributed by atoms with Crippen molar-refractivity contribution in [1.29, 1.82) is 0 Å². The molecule has 156 valence electrons. The standard InChI is InChI=1S/C21H26N2O5S/c1-14-11-17(15(2)23(14)3)18(24)12-28-21(26)16-7-5-6-8-19(16)29-13-20(25)22-9-10-27-4/h5-8,11H,9-10,12-13H2,1-4H3,(H,22,25). The lowest BCUT2D eigenvalue weighted by Gasteiger charge is -2.09. The summed E-state index contributed by atoms with van der Waals surface area (Å²) in [6.07, 6.45) is 0. The van der Waals surface area contributed by atoms with E-state index in [0.717, 1.165) is 11.4 Å². The van der Waals surface area contributed by atoms with E-state index in [9.17, 15) is 14.4 Å². The molecule has 2 rings (SSSR count). The minimum atomic E-state index is -0.591. The molecule has 0 saturated carbocycles. The van der Waals surface area contributed by atoms with Crippen LogP contribution < -0.4 is 5.32 Å². The number of esters is 1. The average Bonchev–Trinajstić information content (AvgIpc) is 2.98. The Hall–Kier alpha value is -2.58. The number of thioether (sulfide) groups is 1. The molecule has 8 heteroatoms. The molecule has 0 atom stereocenters. The van der Waals surface area contributed by atoms with Gasteiger partial charge in [-0.3, -0.25) is 9.59 Å². The average molecular weight is 419 g/mol. The molecule has 7 nitrogen and oxygen atoms in total. The highest BCUT2D eigenvalue weighted by atomic mass is 32.2. The van der Waals surface area contributed by atoms with Crippen molar-refractivity contribution in [3.63, 3.8) is 0 Å². The van der Waals surface area contributed by atoms with Crippen LogP contribution in [0.15, 0.2) is 35.2 Å². The molecule has 0 radical (unpaired) electrons. The Morgan fingerprint density at radius 3 is 2.52 bits per heavy atom. The van der Waals surface area contributed by atoms with Crippen molar-refractivity contribution in [1.82, 2.24) is 9.88 Å². The zero-order chi connectivity index (χ0) is 21.4. The summed E-state index contributed by atoms with van der Waals surface area (Å²) in [6.45, 7) is 4.30. The highest BCUT2D eigenvalue weighted by Crippen LogP contribution is 2.23. The number of Topliss-reactive ketones (excluding diaryl/α,β-unsaturated/α-hetero) is 1. The molecule has 1 amide bonds. The van der Waals surface area contributed by atoms with E-state index in [-0.39, 0.29) is 24.1 Å². The van der Waals surface area contributed by atoms with Gasteiger partial charge in [-0.25, -0.2) is 4.79 Å². The van der Waals surface area contributed by atoms with E-state index in [0.29, 0.717) is 29.2 Å². The molecule has 1 aromatic carbocycles. The van der Waals surface area contributed by atoms with Crippen LogP contribution in [0, 0.1) is 13.8 Å². The first-order chi connectivity index (χ1) is 13.8. The van der Waals surface area contributed by atoms with Crippen molar-refractivity contribution >= 4 is 29.4 Å². The van der Waals surface area contributed by atoms with Gasteiger partial charge in [-0.1, -0.05) is 12.1 Å². The second-order valence-corrected chi connectivity index (χ2v) is 7.49. The zero-order valence-corrected chi connectivity index (χ0v) is 17.9. The van der Waals surface area contributed by atoms with E-state index in [1.807, 2.05) is 25.5 Å². The third-order valence-electron chi connectivity index (χ3n) is 4.50. The molecule has 1 N–H and O–H groups in total. The summed E-state index contributed by atoms with van der Waals surface area (Å²) >= 11 is 1.24. The third-order valence-corrected chi connectivity index (χ3v) is 5.58. The van der Waals surface area contributed by atoms with Crippen LogP contribution in [0.3, 0.4) is 0 Å². The minimum Gasteiger partial charge on any atom is -0.454 e. The quantitative estimate of drug-likeness (QED) is 0.276. The fourth-order valence-corrected chi connectivity index (χ4v) is 3.54. The van der Waals surface area contributed by atoms with E-state index >= 15 is 0 Å². The normalized spacial score (nSPS) is 10.6. The van der Waals surface area contributed by atoms with Gasteiger partial charge < -0.3 is 19.4 Å². The minimum absolute atomic E-state index is 0.152. The predicted octanol–water partition coefficient (Wildman–Crippen LogP) is 2.54. The number of aromatic nitrogens is 1. The lowest BCUT2D eigenvalue weighted by Crippen LogP contribution is -2.28. The maximum absolute atomic E-state index is 12.5. The van der Waals surface area contributed by atoms with Crippen LogP contribution in [0.1, 0.15) is 32.1 Å². The molecule has 1 aromatic heterocycles. The summed E-state index contributed by atoms with van der Waals surface area (Å²) in [5.74, 6) is -0.829. The Kier molecular flexibility index (Phi) is 8.48. The Morgan fingerprint density at radius 2 is 1.86 bits per heavy atom. The van der Waals surface area contributed by atoms with Crippen LogP contribution in [-0.2, 0) is 21.3 Å². The van der Waals surface area contributed by atoms with E-state index in [1.165, 1.54) is 11.8 Å². The number of hydrogen-bond donors (Lipinski definition) is 1. The van der Waals surface area contributed by atoms with Gasteiger partial charge in [-0.2, -0.15) is 0 Å². The van der Waals surface area contributed by atoms with Gasteiger partial charge in [0.2, 0.25) is 11.7 Å². The smallest absolute Gasteiger partial charge is 0.339 e. The summed E-state index contributed by atoms with van der Waals surface area (Å²) in [7, 11) is 3.44. The molecule has 0 fully saturated rings. The van der Waals surface area contributed by atoms with Crippen LogP contribution in [0.5, 0.6) is 0 Å². The Bertz CT molecular complexity index is 891. The number of benzene rings is 1. The number of nitrogens with zero attached hydrogens (tertiary/aromatic N) is 1. The van der Waals surface area contributed by atoms with Crippen LogP contribution in [-0.4, -0.2) is 54.8 Å². The number of carbonyl (C=O) groups excluding carboxylic acids is 3. The highest BCUT2D eigenvalue weighted by molar-refractivity contribution is 8.00. The van der Waals surface area contributed by atoms with Crippen LogP contribution in [0.25, 0.3) is 0 Å². The van der Waals surface area contributed by atoms with Gasteiger partial charge in [0.05, 0.1) is 17.9 Å². The van der Waals surface area contributed by atoms with Crippen molar-refractivity contribution in [3.8, 4) is 0 Å². The maximum atomic E-state index is 12.5. The summed E-state index contributed by atoms with van der Waals surface area (Å²) in [5, 5.41) is 2.72. The summed E-state index contributed by atoms with van der Waals surface area (Å²) in [6, 6.07) is 8.65. The Labute approximate surface area is 174 Å². The van der Waals surface area contributed by atoms with E-state index in [2.05, 4.69) is 5.32 Å². The molecule has 0 aliphatic heterocycles. The molecule has 0 saturated heterocycles. The first-order valence-corrected chi connectivity index (χ1v) is 10.1. The van der Waals surface area contributed by atoms with E-state index in [1.54, 1.807) is 37.4 Å². The third kappa shape index (κ3) is 6.20. The molecule has 1 heterocycles. The number of aryl methyl sites for hydroxylation is 1. The Morgan fingerprint density at radius 1 is 1.14 bits per heavy atom. The predicted molar refractivity (Wildman–Crippen MR) is 112 cm³/mol. The number of ether oxygens (including phenoxy) is 2. The second kappa shape index (κ2) is 10.8. The number of rotatable bonds is 10. The molecule has 0 aliphatic carbocycles. The molecule has 2 aromatic rings. The van der Waals surface area contributed by atoms with Crippen LogP contribution in [0.4, 0.5) is 0 Å². The van der Waals surface area contributed by atoms with Gasteiger partial charge in [-0.05, 0) is 32.0 Å². The fraction of sp³-hybridized carbons (Fsp3) is 0.381.